The summed E-state index contributed by atoms with van der Waals surface area (Å²) in [6.45, 7) is 1.29. The van der Waals surface area contributed by atoms with E-state index >= 15 is 0 Å². The van der Waals surface area contributed by atoms with Crippen LogP contribution in [0.5, 0.6) is 5.75 Å². The summed E-state index contributed by atoms with van der Waals surface area (Å²) in [5.74, 6) is -0.871. The summed E-state index contributed by atoms with van der Waals surface area (Å²) in [5, 5.41) is 12.0. The zero-order valence-corrected chi connectivity index (χ0v) is 12.2. The molecule has 114 valence electrons. The molecule has 0 saturated carbocycles. The van der Waals surface area contributed by atoms with E-state index in [1.54, 1.807) is 4.90 Å². The summed E-state index contributed by atoms with van der Waals surface area (Å²) in [7, 11) is 3.98. The molecule has 1 aliphatic rings. The Kier molecular flexibility index (Phi) is 4.74. The molecule has 7 heteroatoms. The van der Waals surface area contributed by atoms with E-state index in [0.717, 1.165) is 6.42 Å². The zero-order chi connectivity index (χ0) is 15.4. The van der Waals surface area contributed by atoms with E-state index in [4.69, 9.17) is 0 Å². The molecule has 1 aliphatic heterocycles. The number of likely N-dealkylation sites (N-methyl/N-ethyl adjacent to an activating group) is 1. The van der Waals surface area contributed by atoms with Crippen molar-refractivity contribution in [2.45, 2.75) is 12.5 Å². The molecule has 2 rings (SSSR count). The minimum Gasteiger partial charge on any atom is -0.505 e. The maximum atomic E-state index is 12.0. The van der Waals surface area contributed by atoms with E-state index in [1.807, 2.05) is 14.1 Å². The van der Waals surface area contributed by atoms with Gasteiger partial charge in [-0.25, -0.2) is 4.98 Å². The largest absolute Gasteiger partial charge is 0.505 e. The molecule has 1 atom stereocenters. The first-order chi connectivity index (χ1) is 9.99. The summed E-state index contributed by atoms with van der Waals surface area (Å²) in [6, 6.07) is 3.28. The van der Waals surface area contributed by atoms with E-state index in [-0.39, 0.29) is 23.9 Å². The van der Waals surface area contributed by atoms with Crippen molar-refractivity contribution < 1.29 is 14.7 Å². The molecule has 21 heavy (non-hydrogen) atoms. The number of nitrogens with zero attached hydrogens (tertiary/aromatic N) is 3. The lowest BCUT2D eigenvalue weighted by atomic mass is 10.2. The third-order valence-corrected chi connectivity index (χ3v) is 3.65. The molecule has 7 nitrogen and oxygen atoms in total. The molecule has 2 amide bonds. The minimum atomic E-state index is -0.551. The standard InChI is InChI=1S/C14H20N4O3/c1-17(2)10-5-7-18(9-10)12(20)8-16-14(21)13-11(19)4-3-6-15-13/h3-4,6,10,19H,5,7-9H2,1-2H3,(H,16,21). The van der Waals surface area contributed by atoms with Crippen LogP contribution in [-0.4, -0.2) is 71.5 Å². The lowest BCUT2D eigenvalue weighted by Gasteiger charge is -2.20. The van der Waals surface area contributed by atoms with Gasteiger partial charge in [0.15, 0.2) is 5.69 Å². The van der Waals surface area contributed by atoms with Gasteiger partial charge in [0, 0.05) is 25.3 Å². The highest BCUT2D eigenvalue weighted by Crippen LogP contribution is 2.14. The number of amides is 2. The van der Waals surface area contributed by atoms with Gasteiger partial charge in [0.25, 0.3) is 5.91 Å². The molecule has 2 heterocycles. The number of carbonyl (C=O) groups excluding carboxylic acids is 2. The second kappa shape index (κ2) is 6.53. The van der Waals surface area contributed by atoms with Gasteiger partial charge in [0.2, 0.25) is 5.91 Å². The van der Waals surface area contributed by atoms with E-state index in [0.29, 0.717) is 19.1 Å². The van der Waals surface area contributed by atoms with Gasteiger partial charge in [0.1, 0.15) is 5.75 Å². The third-order valence-electron chi connectivity index (χ3n) is 3.65. The molecule has 1 unspecified atom stereocenters. The van der Waals surface area contributed by atoms with Crippen LogP contribution < -0.4 is 5.32 Å². The van der Waals surface area contributed by atoms with E-state index in [1.165, 1.54) is 18.3 Å². The van der Waals surface area contributed by atoms with Gasteiger partial charge in [-0.05, 0) is 32.6 Å². The molecule has 0 bridgehead atoms. The summed E-state index contributed by atoms with van der Waals surface area (Å²) >= 11 is 0. The number of hydrogen-bond donors (Lipinski definition) is 2. The molecule has 0 aromatic carbocycles. The van der Waals surface area contributed by atoms with Gasteiger partial charge in [0.05, 0.1) is 6.54 Å². The number of rotatable bonds is 4. The van der Waals surface area contributed by atoms with Gasteiger partial charge >= 0.3 is 0 Å². The van der Waals surface area contributed by atoms with Crippen molar-refractivity contribution in [2.75, 3.05) is 33.7 Å². The Morgan fingerprint density at radius 3 is 2.90 bits per heavy atom. The van der Waals surface area contributed by atoms with Gasteiger partial charge in [-0.1, -0.05) is 0 Å². The molecule has 0 spiro atoms. The number of hydrogen-bond acceptors (Lipinski definition) is 5. The summed E-state index contributed by atoms with van der Waals surface area (Å²) < 4.78 is 0. The Balaban J connectivity index is 1.85. The highest BCUT2D eigenvalue weighted by Gasteiger charge is 2.27. The Morgan fingerprint density at radius 2 is 2.29 bits per heavy atom. The molecule has 1 fully saturated rings. The van der Waals surface area contributed by atoms with E-state index in [2.05, 4.69) is 15.2 Å². The van der Waals surface area contributed by atoms with Crippen molar-refractivity contribution >= 4 is 11.8 Å². The van der Waals surface area contributed by atoms with Crippen LogP contribution in [0.15, 0.2) is 18.3 Å². The number of pyridine rings is 1. The first kappa shape index (κ1) is 15.2. The van der Waals surface area contributed by atoms with Crippen LogP contribution in [-0.2, 0) is 4.79 Å². The van der Waals surface area contributed by atoms with Crippen molar-refractivity contribution in [1.82, 2.24) is 20.1 Å². The van der Waals surface area contributed by atoms with Crippen LogP contribution in [0, 0.1) is 0 Å². The predicted octanol–water partition coefficient (Wildman–Crippen LogP) is -0.320. The summed E-state index contributed by atoms with van der Waals surface area (Å²) in [5.41, 5.74) is -0.0714. The predicted molar refractivity (Wildman–Crippen MR) is 76.9 cm³/mol. The molecular weight excluding hydrogens is 272 g/mol. The Bertz CT molecular complexity index is 533. The first-order valence-corrected chi connectivity index (χ1v) is 6.85. The Labute approximate surface area is 123 Å². The monoisotopic (exact) mass is 292 g/mol. The van der Waals surface area contributed by atoms with Crippen LogP contribution in [0.2, 0.25) is 0 Å². The topological polar surface area (TPSA) is 85.8 Å². The maximum Gasteiger partial charge on any atom is 0.274 e. The second-order valence-corrected chi connectivity index (χ2v) is 5.30. The highest BCUT2D eigenvalue weighted by molar-refractivity contribution is 5.96. The van der Waals surface area contributed by atoms with E-state index in [9.17, 15) is 14.7 Å². The zero-order valence-electron chi connectivity index (χ0n) is 12.2. The van der Waals surface area contributed by atoms with Crippen molar-refractivity contribution in [3.05, 3.63) is 24.0 Å². The van der Waals surface area contributed by atoms with Crippen molar-refractivity contribution in [1.29, 1.82) is 0 Å². The Hall–Kier alpha value is -2.15. The van der Waals surface area contributed by atoms with E-state index < -0.39 is 5.91 Å². The van der Waals surface area contributed by atoms with Gasteiger partial charge < -0.3 is 20.2 Å². The fourth-order valence-electron chi connectivity index (χ4n) is 2.31. The van der Waals surface area contributed by atoms with Crippen LogP contribution >= 0.6 is 0 Å². The maximum absolute atomic E-state index is 12.0. The van der Waals surface area contributed by atoms with Gasteiger partial charge in [-0.3, -0.25) is 9.59 Å². The van der Waals surface area contributed by atoms with Crippen LogP contribution in [0.1, 0.15) is 16.9 Å². The molecule has 1 aromatic rings. The molecule has 1 saturated heterocycles. The fraction of sp³-hybridized carbons (Fsp3) is 0.500. The summed E-state index contributed by atoms with van der Waals surface area (Å²) in [4.78, 5) is 31.5. The third kappa shape index (κ3) is 3.69. The SMILES string of the molecule is CN(C)C1CCN(C(=O)CNC(=O)c2ncccc2O)C1. The molecule has 0 aliphatic carbocycles. The Morgan fingerprint density at radius 1 is 1.52 bits per heavy atom. The van der Waals surface area contributed by atoms with Crippen molar-refractivity contribution in [2.24, 2.45) is 0 Å². The molecule has 2 N–H and O–H groups in total. The lowest BCUT2D eigenvalue weighted by molar-refractivity contribution is -0.129. The van der Waals surface area contributed by atoms with Crippen LogP contribution in [0.3, 0.4) is 0 Å². The minimum absolute atomic E-state index is 0.0714. The number of aromatic nitrogens is 1. The number of likely N-dealkylation sites (tertiary alicyclic amines) is 1. The molecular formula is C14H20N4O3. The number of nitrogens with one attached hydrogen (secondary N) is 1. The number of carbonyl (C=O) groups is 2. The highest BCUT2D eigenvalue weighted by atomic mass is 16.3. The number of aromatic hydroxyl groups is 1. The fourth-order valence-corrected chi connectivity index (χ4v) is 2.31. The van der Waals surface area contributed by atoms with Gasteiger partial charge in [-0.2, -0.15) is 0 Å². The summed E-state index contributed by atoms with van der Waals surface area (Å²) in [6.07, 6.45) is 2.35. The average molecular weight is 292 g/mol. The molecule has 0 radical (unpaired) electrons. The molecule has 1 aromatic heterocycles. The average Bonchev–Trinajstić information content (AvgIpc) is 2.95. The quantitative estimate of drug-likeness (QED) is 0.794. The normalized spacial score (nSPS) is 18.0. The van der Waals surface area contributed by atoms with Crippen LogP contribution in [0.4, 0.5) is 0 Å². The second-order valence-electron chi connectivity index (χ2n) is 5.30. The lowest BCUT2D eigenvalue weighted by Crippen LogP contribution is -2.40. The van der Waals surface area contributed by atoms with Crippen molar-refractivity contribution in [3.8, 4) is 5.75 Å². The smallest absolute Gasteiger partial charge is 0.274 e. The van der Waals surface area contributed by atoms with Crippen LogP contribution in [0.25, 0.3) is 0 Å². The van der Waals surface area contributed by atoms with Crippen molar-refractivity contribution in [3.63, 3.8) is 0 Å². The van der Waals surface area contributed by atoms with Gasteiger partial charge in [-0.15, -0.1) is 0 Å². The first-order valence-electron chi connectivity index (χ1n) is 6.85.